The largest absolute Gasteiger partial charge is 0.228 e. The zero-order valence-electron chi connectivity index (χ0n) is 9.69. The summed E-state index contributed by atoms with van der Waals surface area (Å²) in [6, 6.07) is 1.83. The molecule has 1 unspecified atom stereocenters. The Balaban J connectivity index is 2.57. The van der Waals surface area contributed by atoms with Crippen LogP contribution in [0.3, 0.4) is 0 Å². The van der Waals surface area contributed by atoms with E-state index in [9.17, 15) is 8.42 Å². The van der Waals surface area contributed by atoms with E-state index in [0.29, 0.717) is 13.0 Å². The van der Waals surface area contributed by atoms with Crippen molar-refractivity contribution in [3.05, 3.63) is 0 Å². The minimum Gasteiger partial charge on any atom is -0.213 e. The van der Waals surface area contributed by atoms with Gasteiger partial charge in [-0.3, -0.25) is 0 Å². The third-order valence-corrected chi connectivity index (χ3v) is 6.34. The van der Waals surface area contributed by atoms with Crippen LogP contribution in [-0.2, 0) is 10.0 Å². The van der Waals surface area contributed by atoms with Crippen LogP contribution in [0.2, 0.25) is 0 Å². The Hall–Kier alpha value is -0.250. The van der Waals surface area contributed by atoms with Crippen molar-refractivity contribution in [3.63, 3.8) is 0 Å². The molecular formula is C10H18N2O2S2. The molecule has 1 fully saturated rings. The van der Waals surface area contributed by atoms with E-state index in [2.05, 4.69) is 4.72 Å². The third kappa shape index (κ3) is 2.90. The number of sulfonamides is 1. The zero-order valence-corrected chi connectivity index (χ0v) is 11.3. The molecule has 0 aromatic carbocycles. The summed E-state index contributed by atoms with van der Waals surface area (Å²) in [5.74, 6) is 0. The van der Waals surface area contributed by atoms with Crippen LogP contribution >= 0.6 is 11.8 Å². The number of hydrogen-bond donors (Lipinski definition) is 1. The number of rotatable bonds is 6. The highest BCUT2D eigenvalue weighted by atomic mass is 32.2. The summed E-state index contributed by atoms with van der Waals surface area (Å²) in [6.45, 7) is 2.16. The van der Waals surface area contributed by atoms with Crippen molar-refractivity contribution in [1.29, 1.82) is 5.26 Å². The molecule has 0 spiro atoms. The van der Waals surface area contributed by atoms with Gasteiger partial charge in [-0.2, -0.15) is 17.0 Å². The van der Waals surface area contributed by atoms with Gasteiger partial charge >= 0.3 is 0 Å². The van der Waals surface area contributed by atoms with Crippen LogP contribution in [0.25, 0.3) is 0 Å². The fraction of sp³-hybridized carbons (Fsp3) is 0.900. The van der Waals surface area contributed by atoms with Gasteiger partial charge in [0.1, 0.15) is 0 Å². The average Bonchev–Trinajstić information content (AvgIpc) is 2.18. The second-order valence-corrected chi connectivity index (χ2v) is 7.35. The van der Waals surface area contributed by atoms with Crippen molar-refractivity contribution in [2.75, 3.05) is 12.8 Å². The average molecular weight is 262 g/mol. The fourth-order valence-electron chi connectivity index (χ4n) is 1.74. The fourth-order valence-corrected chi connectivity index (χ4v) is 4.00. The van der Waals surface area contributed by atoms with Gasteiger partial charge in [0, 0.05) is 11.3 Å². The van der Waals surface area contributed by atoms with E-state index in [1.54, 1.807) is 18.7 Å². The van der Waals surface area contributed by atoms with Gasteiger partial charge in [0.2, 0.25) is 10.0 Å². The number of thioether (sulfide) groups is 1. The summed E-state index contributed by atoms with van der Waals surface area (Å²) in [7, 11) is -3.47. The summed E-state index contributed by atoms with van der Waals surface area (Å²) in [6.07, 6.45) is 5.62. The standard InChI is InChI=1S/C10H18N2O2S2/c1-3-9(7-11)16(13,14)12-8-10(15-2)5-4-6-10/h9,12H,3-6,8H2,1-2H3. The third-order valence-electron chi connectivity index (χ3n) is 3.18. The van der Waals surface area contributed by atoms with E-state index in [-0.39, 0.29) is 4.75 Å². The van der Waals surface area contributed by atoms with Gasteiger partial charge in [-0.1, -0.05) is 13.3 Å². The molecule has 6 heteroatoms. The molecule has 1 aliphatic carbocycles. The molecule has 16 heavy (non-hydrogen) atoms. The monoisotopic (exact) mass is 262 g/mol. The van der Waals surface area contributed by atoms with Crippen LogP contribution in [0.1, 0.15) is 32.6 Å². The van der Waals surface area contributed by atoms with Gasteiger partial charge in [0.25, 0.3) is 0 Å². The Kier molecular flexibility index (Phi) is 4.65. The SMILES string of the molecule is CCC(C#N)S(=O)(=O)NCC1(SC)CCC1. The second kappa shape index (κ2) is 5.39. The molecule has 0 bridgehead atoms. The predicted octanol–water partition coefficient (Wildman–Crippen LogP) is 1.49. The number of nitriles is 1. The maximum atomic E-state index is 11.8. The maximum absolute atomic E-state index is 11.8. The Morgan fingerprint density at radius 3 is 2.50 bits per heavy atom. The lowest BCUT2D eigenvalue weighted by molar-refractivity contribution is 0.361. The molecular weight excluding hydrogens is 244 g/mol. The second-order valence-electron chi connectivity index (χ2n) is 4.13. The Labute approximate surface area is 102 Å². The highest BCUT2D eigenvalue weighted by Gasteiger charge is 2.37. The van der Waals surface area contributed by atoms with E-state index in [1.807, 2.05) is 12.3 Å². The first kappa shape index (κ1) is 13.8. The van der Waals surface area contributed by atoms with Crippen LogP contribution in [-0.4, -0.2) is 31.2 Å². The van der Waals surface area contributed by atoms with Gasteiger partial charge in [0.15, 0.2) is 5.25 Å². The van der Waals surface area contributed by atoms with Crippen molar-refractivity contribution in [2.24, 2.45) is 0 Å². The molecule has 0 radical (unpaired) electrons. The molecule has 0 heterocycles. The molecule has 0 aromatic rings. The van der Waals surface area contributed by atoms with E-state index < -0.39 is 15.3 Å². The first-order valence-corrected chi connectivity index (χ1v) is 8.20. The topological polar surface area (TPSA) is 70.0 Å². The first-order valence-electron chi connectivity index (χ1n) is 5.43. The summed E-state index contributed by atoms with van der Waals surface area (Å²) < 4.78 is 26.2. The lowest BCUT2D eigenvalue weighted by Gasteiger charge is -2.40. The lowest BCUT2D eigenvalue weighted by atomic mass is 9.84. The van der Waals surface area contributed by atoms with Crippen molar-refractivity contribution >= 4 is 21.8 Å². The number of nitrogens with zero attached hydrogens (tertiary/aromatic N) is 1. The quantitative estimate of drug-likeness (QED) is 0.787. The number of hydrogen-bond acceptors (Lipinski definition) is 4. The highest BCUT2D eigenvalue weighted by molar-refractivity contribution is 8.00. The van der Waals surface area contributed by atoms with Crippen LogP contribution in [0.15, 0.2) is 0 Å². The van der Waals surface area contributed by atoms with E-state index in [4.69, 9.17) is 5.26 Å². The first-order chi connectivity index (χ1) is 7.49. The predicted molar refractivity (Wildman–Crippen MR) is 66.7 cm³/mol. The summed E-state index contributed by atoms with van der Waals surface area (Å²) in [5, 5.41) is 7.82. The molecule has 1 saturated carbocycles. The van der Waals surface area contributed by atoms with Crippen LogP contribution in [0, 0.1) is 11.3 Å². The molecule has 1 N–H and O–H groups in total. The molecule has 1 rings (SSSR count). The Bertz CT molecular complexity index is 363. The van der Waals surface area contributed by atoms with Gasteiger partial charge in [0.05, 0.1) is 6.07 Å². The minimum atomic E-state index is -3.47. The molecule has 0 aromatic heterocycles. The molecule has 0 amide bonds. The Morgan fingerprint density at radius 1 is 1.56 bits per heavy atom. The molecule has 92 valence electrons. The smallest absolute Gasteiger partial charge is 0.213 e. The van der Waals surface area contributed by atoms with Crippen molar-refractivity contribution < 1.29 is 8.42 Å². The number of nitrogens with one attached hydrogen (secondary N) is 1. The molecule has 1 atom stereocenters. The molecule has 1 aliphatic rings. The van der Waals surface area contributed by atoms with Crippen molar-refractivity contribution in [2.45, 2.75) is 42.6 Å². The summed E-state index contributed by atoms with van der Waals surface area (Å²) >= 11 is 1.72. The zero-order chi connectivity index (χ0) is 12.2. The maximum Gasteiger partial charge on any atom is 0.228 e. The molecule has 4 nitrogen and oxygen atoms in total. The van der Waals surface area contributed by atoms with E-state index in [1.165, 1.54) is 0 Å². The minimum absolute atomic E-state index is 0.0703. The van der Waals surface area contributed by atoms with E-state index >= 15 is 0 Å². The van der Waals surface area contributed by atoms with Crippen LogP contribution < -0.4 is 4.72 Å². The normalized spacial score (nSPS) is 20.8. The molecule has 0 saturated heterocycles. The van der Waals surface area contributed by atoms with Crippen LogP contribution in [0.4, 0.5) is 0 Å². The Morgan fingerprint density at radius 2 is 2.19 bits per heavy atom. The van der Waals surface area contributed by atoms with Gasteiger partial charge in [-0.25, -0.2) is 13.1 Å². The van der Waals surface area contributed by atoms with Gasteiger partial charge in [-0.05, 0) is 25.5 Å². The van der Waals surface area contributed by atoms with Gasteiger partial charge in [-0.15, -0.1) is 0 Å². The van der Waals surface area contributed by atoms with Crippen LogP contribution in [0.5, 0.6) is 0 Å². The van der Waals surface area contributed by atoms with Crippen molar-refractivity contribution in [1.82, 2.24) is 4.72 Å². The highest BCUT2D eigenvalue weighted by Crippen LogP contribution is 2.42. The lowest BCUT2D eigenvalue weighted by Crippen LogP contribution is -2.47. The summed E-state index contributed by atoms with van der Waals surface area (Å²) in [5.41, 5.74) is 0. The van der Waals surface area contributed by atoms with Crippen molar-refractivity contribution in [3.8, 4) is 6.07 Å². The van der Waals surface area contributed by atoms with Gasteiger partial charge < -0.3 is 0 Å². The molecule has 0 aliphatic heterocycles. The summed E-state index contributed by atoms with van der Waals surface area (Å²) in [4.78, 5) is 0. The van der Waals surface area contributed by atoms with E-state index in [0.717, 1.165) is 19.3 Å².